The Morgan fingerprint density at radius 2 is 1.52 bits per heavy atom. The van der Waals surface area contributed by atoms with Crippen molar-refractivity contribution >= 4 is 81.3 Å². The van der Waals surface area contributed by atoms with E-state index in [1.54, 1.807) is 0 Å². The predicted molar refractivity (Wildman–Crippen MR) is 87.5 cm³/mol. The van der Waals surface area contributed by atoms with Crippen molar-refractivity contribution in [3.63, 3.8) is 0 Å². The van der Waals surface area contributed by atoms with Crippen molar-refractivity contribution < 1.29 is 19.2 Å². The van der Waals surface area contributed by atoms with E-state index in [-0.39, 0.29) is 25.9 Å². The van der Waals surface area contributed by atoms with Crippen LogP contribution in [0.3, 0.4) is 0 Å². The van der Waals surface area contributed by atoms with E-state index in [4.69, 9.17) is 34.8 Å². The molecule has 120 valence electrons. The first-order chi connectivity index (χ1) is 10.7. The highest BCUT2D eigenvalue weighted by atomic mass is 35.5. The molecule has 23 heavy (non-hydrogen) atoms. The van der Waals surface area contributed by atoms with Crippen LogP contribution in [-0.4, -0.2) is 28.6 Å². The molecule has 0 aliphatic carbocycles. The third kappa shape index (κ3) is 3.78. The number of hydrogen-bond acceptors (Lipinski definition) is 5. The Morgan fingerprint density at radius 1 is 1.00 bits per heavy atom. The Morgan fingerprint density at radius 3 is 2.09 bits per heavy atom. The molecule has 1 aliphatic heterocycles. The molecule has 3 N–H and O–H groups in total. The molecule has 1 fully saturated rings. The van der Waals surface area contributed by atoms with Gasteiger partial charge in [-0.25, -0.2) is 0 Å². The molecule has 0 unspecified atom stereocenters. The topological polar surface area (TPSA) is 104 Å². The number of benzene rings is 1. The Kier molecular flexibility index (Phi) is 5.20. The Balaban J connectivity index is 2.19. The van der Waals surface area contributed by atoms with Gasteiger partial charge < -0.3 is 16.0 Å². The van der Waals surface area contributed by atoms with Gasteiger partial charge in [-0.3, -0.25) is 19.2 Å². The maximum absolute atomic E-state index is 12.0. The number of Topliss-reactive ketones (excluding diaryl/α,β-unsaturated/α-hetero) is 1. The summed E-state index contributed by atoms with van der Waals surface area (Å²) in [7, 11) is 0. The van der Waals surface area contributed by atoms with E-state index < -0.39 is 29.4 Å². The van der Waals surface area contributed by atoms with E-state index in [1.807, 2.05) is 0 Å². The third-order valence-corrected chi connectivity index (χ3v) is 3.98. The normalized spacial score (nSPS) is 15.0. The second-order valence-electron chi connectivity index (χ2n) is 4.31. The van der Waals surface area contributed by atoms with Gasteiger partial charge in [0.1, 0.15) is 0 Å². The second kappa shape index (κ2) is 6.79. The van der Waals surface area contributed by atoms with Gasteiger partial charge in [0.05, 0.1) is 20.8 Å². The molecule has 0 bridgehead atoms. The van der Waals surface area contributed by atoms with E-state index in [9.17, 15) is 19.2 Å². The van der Waals surface area contributed by atoms with Crippen LogP contribution >= 0.6 is 47.0 Å². The summed E-state index contributed by atoms with van der Waals surface area (Å²) in [6, 6.07) is 2.50. The smallest absolute Gasteiger partial charge is 0.293 e. The maximum atomic E-state index is 12.0. The van der Waals surface area contributed by atoms with Crippen LogP contribution in [0.1, 0.15) is 0 Å². The van der Waals surface area contributed by atoms with Crippen LogP contribution in [0.4, 0.5) is 5.69 Å². The molecular weight excluding hydrogens is 389 g/mol. The van der Waals surface area contributed by atoms with Gasteiger partial charge in [-0.1, -0.05) is 34.8 Å². The Labute approximate surface area is 149 Å². The molecule has 7 nitrogen and oxygen atoms in total. The van der Waals surface area contributed by atoms with Crippen LogP contribution in [0.5, 0.6) is 0 Å². The number of hydrogen-bond donors (Lipinski definition) is 3. The van der Waals surface area contributed by atoms with Gasteiger partial charge in [0.25, 0.3) is 5.91 Å². The molecule has 1 aliphatic rings. The van der Waals surface area contributed by atoms with E-state index in [0.717, 1.165) is 0 Å². The minimum Gasteiger partial charge on any atom is -0.318 e. The predicted octanol–water partition coefficient (Wildman–Crippen LogP) is 1.30. The summed E-state index contributed by atoms with van der Waals surface area (Å²) in [5.41, 5.74) is 0.00608. The van der Waals surface area contributed by atoms with Crippen molar-refractivity contribution in [3.8, 4) is 0 Å². The molecular formula is C12H6Cl3N3O4S. The highest BCUT2D eigenvalue weighted by molar-refractivity contribution is 7.80. The van der Waals surface area contributed by atoms with Gasteiger partial charge in [0.2, 0.25) is 17.6 Å². The van der Waals surface area contributed by atoms with Crippen molar-refractivity contribution in [2.75, 3.05) is 5.32 Å². The fourth-order valence-corrected chi connectivity index (χ4v) is 2.49. The van der Waals surface area contributed by atoms with Crippen LogP contribution in [0.2, 0.25) is 15.1 Å². The molecule has 2 rings (SSSR count). The summed E-state index contributed by atoms with van der Waals surface area (Å²) in [4.78, 5) is 47.3. The van der Waals surface area contributed by atoms with Gasteiger partial charge in [-0.05, 0) is 24.4 Å². The van der Waals surface area contributed by atoms with Crippen LogP contribution in [-0.2, 0) is 19.2 Å². The summed E-state index contributed by atoms with van der Waals surface area (Å²) in [5.74, 6) is -6.31. The summed E-state index contributed by atoms with van der Waals surface area (Å²) >= 11 is 22.0. The quantitative estimate of drug-likeness (QED) is 0.310. The van der Waals surface area contributed by atoms with Crippen LogP contribution < -0.4 is 16.0 Å². The molecule has 0 saturated carbocycles. The summed E-state index contributed by atoms with van der Waals surface area (Å²) < 4.78 is 0. The van der Waals surface area contributed by atoms with Crippen LogP contribution in [0.25, 0.3) is 0 Å². The zero-order chi connectivity index (χ0) is 17.3. The van der Waals surface area contributed by atoms with Crippen molar-refractivity contribution in [1.29, 1.82) is 0 Å². The number of halogens is 3. The number of ketones is 1. The lowest BCUT2D eigenvalue weighted by Gasteiger charge is -2.21. The van der Waals surface area contributed by atoms with Crippen LogP contribution in [0.15, 0.2) is 12.1 Å². The molecule has 0 spiro atoms. The summed E-state index contributed by atoms with van der Waals surface area (Å²) in [5, 5.41) is 6.37. The fraction of sp³-hybridized carbons (Fsp3) is 0.0833. The average molecular weight is 395 g/mol. The Hall–Kier alpha value is -1.74. The summed E-state index contributed by atoms with van der Waals surface area (Å²) in [6.45, 7) is 0. The highest BCUT2D eigenvalue weighted by Gasteiger charge is 2.41. The lowest BCUT2D eigenvalue weighted by molar-refractivity contribution is -0.146. The van der Waals surface area contributed by atoms with Gasteiger partial charge in [-0.2, -0.15) is 0 Å². The maximum Gasteiger partial charge on any atom is 0.293 e. The molecule has 0 aromatic heterocycles. The zero-order valence-electron chi connectivity index (χ0n) is 10.9. The lowest BCUT2D eigenvalue weighted by Crippen LogP contribution is -2.59. The number of amides is 3. The second-order valence-corrected chi connectivity index (χ2v) is 5.94. The van der Waals surface area contributed by atoms with Gasteiger partial charge in [0, 0.05) is 0 Å². The van der Waals surface area contributed by atoms with Crippen molar-refractivity contribution in [2.24, 2.45) is 5.92 Å². The molecule has 0 atom stereocenters. The monoisotopic (exact) mass is 393 g/mol. The van der Waals surface area contributed by atoms with Crippen molar-refractivity contribution in [2.45, 2.75) is 0 Å². The van der Waals surface area contributed by atoms with Crippen LogP contribution in [0, 0.1) is 5.92 Å². The van der Waals surface area contributed by atoms with E-state index in [2.05, 4.69) is 28.2 Å². The Bertz CT molecular complexity index is 748. The molecule has 0 radical (unpaired) electrons. The highest BCUT2D eigenvalue weighted by Crippen LogP contribution is 2.32. The number of carbonyl (C=O) groups excluding carboxylic acids is 4. The van der Waals surface area contributed by atoms with Gasteiger partial charge in [0.15, 0.2) is 11.0 Å². The number of thiocarbonyl (C=S) groups is 1. The summed E-state index contributed by atoms with van der Waals surface area (Å²) in [6.07, 6.45) is 0. The number of carbonyl (C=O) groups is 4. The molecule has 1 aromatic rings. The SMILES string of the molecule is O=C(Nc1cc(Cl)c(Cl)cc1Cl)C(=O)C1C(=O)NC(=S)NC1=O. The van der Waals surface area contributed by atoms with Gasteiger partial charge in [-0.15, -0.1) is 0 Å². The lowest BCUT2D eigenvalue weighted by atomic mass is 10.00. The average Bonchev–Trinajstić information content (AvgIpc) is 2.43. The molecule has 1 aromatic carbocycles. The molecule has 11 heteroatoms. The van der Waals surface area contributed by atoms with Gasteiger partial charge >= 0.3 is 0 Å². The first-order valence-electron chi connectivity index (χ1n) is 5.86. The largest absolute Gasteiger partial charge is 0.318 e. The molecule has 1 saturated heterocycles. The van der Waals surface area contributed by atoms with E-state index >= 15 is 0 Å². The molecule has 3 amide bonds. The number of rotatable bonds is 3. The van der Waals surface area contributed by atoms with Crippen molar-refractivity contribution in [3.05, 3.63) is 27.2 Å². The zero-order valence-corrected chi connectivity index (χ0v) is 14.0. The minimum atomic E-state index is -1.84. The van der Waals surface area contributed by atoms with Crippen molar-refractivity contribution in [1.82, 2.24) is 10.6 Å². The molecule has 1 heterocycles. The minimum absolute atomic E-state index is 0.00608. The van der Waals surface area contributed by atoms with E-state index in [1.165, 1.54) is 12.1 Å². The standard InChI is InChI=1S/C12H6Cl3N3O4S/c13-3-1-5(15)6(2-4(3)14)16-11(22)8(19)7-9(20)17-12(23)18-10(7)21/h1-2,7H,(H,16,22)(H2,17,18,20,21,23). The number of anilines is 1. The first-order valence-corrected chi connectivity index (χ1v) is 7.40. The fourth-order valence-electron chi connectivity index (χ4n) is 1.69. The number of nitrogens with one attached hydrogen (secondary N) is 3. The first kappa shape index (κ1) is 17.6. The third-order valence-electron chi connectivity index (χ3n) is 2.74. The van der Waals surface area contributed by atoms with E-state index in [0.29, 0.717) is 0 Å².